The van der Waals surface area contributed by atoms with Gasteiger partial charge in [-0.25, -0.2) is 14.5 Å². The molecule has 0 unspecified atom stereocenters. The summed E-state index contributed by atoms with van der Waals surface area (Å²) in [4.78, 5) is 61.6. The van der Waals surface area contributed by atoms with Crippen LogP contribution in [0.3, 0.4) is 0 Å². The van der Waals surface area contributed by atoms with E-state index < -0.39 is 28.7 Å². The van der Waals surface area contributed by atoms with Crippen molar-refractivity contribution < 1.29 is 28.8 Å². The number of ether oxygens (including phenoxy) is 1. The van der Waals surface area contributed by atoms with E-state index >= 15 is 0 Å². The second-order valence-electron chi connectivity index (χ2n) is 7.58. The number of rotatable bonds is 6. The molecule has 1 heterocycles. The number of urea groups is 1. The number of benzene rings is 3. The Morgan fingerprint density at radius 1 is 1.00 bits per heavy atom. The molecule has 0 aliphatic carbocycles. The molecule has 0 saturated carbocycles. The largest absolute Gasteiger partial charge is 0.423 e. The van der Waals surface area contributed by atoms with Gasteiger partial charge < -0.3 is 4.74 Å². The molecule has 10 nitrogen and oxygen atoms in total. The number of nitrogens with one attached hydrogen (secondary N) is 1. The van der Waals surface area contributed by atoms with Crippen LogP contribution in [0.1, 0.15) is 11.1 Å². The van der Waals surface area contributed by atoms with Crippen LogP contribution in [0.2, 0.25) is 0 Å². The Bertz CT molecular complexity index is 1500. The number of barbiturate groups is 1. The number of non-ortho nitro benzene ring substituents is 1. The third kappa shape index (κ3) is 5.85. The molecule has 1 saturated heterocycles. The highest BCUT2D eigenvalue weighted by Crippen LogP contribution is 2.26. The van der Waals surface area contributed by atoms with Crippen LogP contribution < -0.4 is 15.0 Å². The Hall–Kier alpha value is -4.90. The Morgan fingerprint density at radius 3 is 2.46 bits per heavy atom. The minimum atomic E-state index is -0.893. The van der Waals surface area contributed by atoms with Gasteiger partial charge >= 0.3 is 12.0 Å². The van der Waals surface area contributed by atoms with Gasteiger partial charge in [0.1, 0.15) is 11.3 Å². The highest BCUT2D eigenvalue weighted by molar-refractivity contribution is 9.10. The molecule has 3 aromatic carbocycles. The molecular formula is C26H16BrN3O7. The Labute approximate surface area is 218 Å². The fourth-order valence-electron chi connectivity index (χ4n) is 3.38. The van der Waals surface area contributed by atoms with Gasteiger partial charge in [0, 0.05) is 28.2 Å². The van der Waals surface area contributed by atoms with Crippen molar-refractivity contribution in [2.45, 2.75) is 0 Å². The molecule has 1 aliphatic rings. The number of nitro benzene ring substituents is 1. The third-order valence-electron chi connectivity index (χ3n) is 5.11. The standard InChI is InChI=1S/C26H16BrN3O7/c27-18-9-11-19(12-10-18)29-25(33)21(24(32)28-26(29)34)15-17-5-1-2-7-22(17)37-23(31)13-8-16-4-3-6-20(14-16)30(35)36/h1-15H,(H,28,32,34)/b13-8+,21-15-. The van der Waals surface area contributed by atoms with Crippen molar-refractivity contribution in [3.05, 3.63) is 110 Å². The molecule has 0 atom stereocenters. The smallest absolute Gasteiger partial charge is 0.336 e. The molecule has 1 N–H and O–H groups in total. The number of carbonyl (C=O) groups excluding carboxylic acids is 4. The number of halogens is 1. The molecule has 184 valence electrons. The van der Waals surface area contributed by atoms with Gasteiger partial charge in [-0.05, 0) is 48.0 Å². The lowest BCUT2D eigenvalue weighted by molar-refractivity contribution is -0.384. The topological polar surface area (TPSA) is 136 Å². The van der Waals surface area contributed by atoms with Crippen molar-refractivity contribution in [3.63, 3.8) is 0 Å². The maximum absolute atomic E-state index is 13.1. The number of hydrogen-bond donors (Lipinski definition) is 1. The van der Waals surface area contributed by atoms with Gasteiger partial charge in [-0.3, -0.25) is 25.0 Å². The van der Waals surface area contributed by atoms with Crippen LogP contribution in [0.25, 0.3) is 12.2 Å². The number of nitro groups is 1. The molecular weight excluding hydrogens is 546 g/mol. The Morgan fingerprint density at radius 2 is 1.73 bits per heavy atom. The third-order valence-corrected chi connectivity index (χ3v) is 5.64. The highest BCUT2D eigenvalue weighted by atomic mass is 79.9. The van der Waals surface area contributed by atoms with Gasteiger partial charge in [0.15, 0.2) is 0 Å². The predicted molar refractivity (Wildman–Crippen MR) is 137 cm³/mol. The molecule has 0 radical (unpaired) electrons. The van der Waals surface area contributed by atoms with Gasteiger partial charge in [0.25, 0.3) is 17.5 Å². The summed E-state index contributed by atoms with van der Waals surface area (Å²) in [5.74, 6) is -2.47. The lowest BCUT2D eigenvalue weighted by Crippen LogP contribution is -2.54. The van der Waals surface area contributed by atoms with Gasteiger partial charge in [-0.2, -0.15) is 0 Å². The second-order valence-corrected chi connectivity index (χ2v) is 8.49. The summed E-state index contributed by atoms with van der Waals surface area (Å²) in [6, 6.07) is 17.4. The molecule has 4 amide bonds. The summed E-state index contributed by atoms with van der Waals surface area (Å²) < 4.78 is 6.11. The van der Waals surface area contributed by atoms with Crippen molar-refractivity contribution in [1.29, 1.82) is 0 Å². The minimum Gasteiger partial charge on any atom is -0.423 e. The first-order valence-electron chi connectivity index (χ1n) is 10.6. The summed E-state index contributed by atoms with van der Waals surface area (Å²) in [6.45, 7) is 0. The molecule has 0 spiro atoms. The zero-order chi connectivity index (χ0) is 26.5. The van der Waals surface area contributed by atoms with E-state index in [0.717, 1.165) is 15.4 Å². The first-order chi connectivity index (χ1) is 17.7. The first-order valence-corrected chi connectivity index (χ1v) is 11.4. The van der Waals surface area contributed by atoms with E-state index in [2.05, 4.69) is 21.2 Å². The monoisotopic (exact) mass is 561 g/mol. The maximum Gasteiger partial charge on any atom is 0.336 e. The van der Waals surface area contributed by atoms with Crippen LogP contribution in [-0.4, -0.2) is 28.7 Å². The number of nitrogens with zero attached hydrogens (tertiary/aromatic N) is 2. The van der Waals surface area contributed by atoms with Crippen LogP contribution in [0, 0.1) is 10.1 Å². The van der Waals surface area contributed by atoms with E-state index in [0.29, 0.717) is 5.56 Å². The van der Waals surface area contributed by atoms with Crippen LogP contribution in [0.15, 0.2) is 88.9 Å². The fraction of sp³-hybridized carbons (Fsp3) is 0. The van der Waals surface area contributed by atoms with Crippen molar-refractivity contribution in [2.24, 2.45) is 0 Å². The number of amides is 4. The van der Waals surface area contributed by atoms with Crippen molar-refractivity contribution in [3.8, 4) is 5.75 Å². The van der Waals surface area contributed by atoms with Gasteiger partial charge in [-0.1, -0.05) is 46.3 Å². The quantitative estimate of drug-likeness (QED) is 0.115. The van der Waals surface area contributed by atoms with Crippen molar-refractivity contribution >= 4 is 63.3 Å². The van der Waals surface area contributed by atoms with Gasteiger partial charge in [0.05, 0.1) is 10.6 Å². The lowest BCUT2D eigenvalue weighted by Gasteiger charge is -2.26. The molecule has 0 aromatic heterocycles. The zero-order valence-corrected chi connectivity index (χ0v) is 20.4. The number of esters is 1. The van der Waals surface area contributed by atoms with Crippen LogP contribution >= 0.6 is 15.9 Å². The van der Waals surface area contributed by atoms with E-state index in [-0.39, 0.29) is 28.3 Å². The van der Waals surface area contributed by atoms with Crippen LogP contribution in [-0.2, 0) is 14.4 Å². The maximum atomic E-state index is 13.1. The molecule has 0 bridgehead atoms. The Balaban J connectivity index is 1.58. The average Bonchev–Trinajstić information content (AvgIpc) is 2.87. The number of para-hydroxylation sites is 1. The van der Waals surface area contributed by atoms with Gasteiger partial charge in [0.2, 0.25) is 0 Å². The average molecular weight is 562 g/mol. The second kappa shape index (κ2) is 10.8. The summed E-state index contributed by atoms with van der Waals surface area (Å²) in [7, 11) is 0. The normalized spacial score (nSPS) is 14.7. The molecule has 4 rings (SSSR count). The minimum absolute atomic E-state index is 0.0522. The summed E-state index contributed by atoms with van der Waals surface area (Å²) >= 11 is 3.28. The predicted octanol–water partition coefficient (Wildman–Crippen LogP) is 4.64. The van der Waals surface area contributed by atoms with Crippen molar-refractivity contribution in [1.82, 2.24) is 5.32 Å². The number of imide groups is 2. The molecule has 11 heteroatoms. The van der Waals surface area contributed by atoms with Gasteiger partial charge in [-0.15, -0.1) is 0 Å². The number of anilines is 1. The Kier molecular flexibility index (Phi) is 7.35. The summed E-state index contributed by atoms with van der Waals surface area (Å²) in [6.07, 6.45) is 3.68. The number of carbonyl (C=O) groups is 4. The summed E-state index contributed by atoms with van der Waals surface area (Å²) in [5.41, 5.74) is 0.457. The fourth-order valence-corrected chi connectivity index (χ4v) is 3.64. The van der Waals surface area contributed by atoms with E-state index in [1.54, 1.807) is 42.5 Å². The number of hydrogen-bond acceptors (Lipinski definition) is 7. The first kappa shape index (κ1) is 25.2. The highest BCUT2D eigenvalue weighted by Gasteiger charge is 2.37. The molecule has 1 aliphatic heterocycles. The summed E-state index contributed by atoms with van der Waals surface area (Å²) in [5, 5.41) is 13.1. The van der Waals surface area contributed by atoms with E-state index in [4.69, 9.17) is 4.74 Å². The van der Waals surface area contributed by atoms with Crippen molar-refractivity contribution in [2.75, 3.05) is 4.90 Å². The SMILES string of the molecule is O=C(/C=C/c1cccc([N+](=O)[O-])c1)Oc1ccccc1/C=C1/C(=O)NC(=O)N(c2ccc(Br)cc2)C1=O. The molecule has 1 fully saturated rings. The molecule has 3 aromatic rings. The molecule has 37 heavy (non-hydrogen) atoms. The van der Waals surface area contributed by atoms with E-state index in [1.165, 1.54) is 42.5 Å². The van der Waals surface area contributed by atoms with Crippen LogP contribution in [0.4, 0.5) is 16.2 Å². The zero-order valence-electron chi connectivity index (χ0n) is 18.8. The van der Waals surface area contributed by atoms with E-state index in [9.17, 15) is 29.3 Å². The van der Waals surface area contributed by atoms with Crippen LogP contribution in [0.5, 0.6) is 5.75 Å². The lowest BCUT2D eigenvalue weighted by atomic mass is 10.1. The van der Waals surface area contributed by atoms with E-state index in [1.807, 2.05) is 0 Å².